The number of nitrogens with zero attached hydrogens (tertiary/aromatic N) is 2. The molecular weight excluding hydrogens is 492 g/mol. The van der Waals surface area contributed by atoms with Crippen molar-refractivity contribution < 1.29 is 19.4 Å². The van der Waals surface area contributed by atoms with Crippen LogP contribution >= 0.6 is 0 Å². The minimum Gasteiger partial charge on any atom is -0.507 e. The number of aromatic nitrogens is 1. The van der Waals surface area contributed by atoms with Gasteiger partial charge in [0.15, 0.2) is 5.43 Å². The number of carbonyl (C=O) groups is 1. The average molecular weight is 521 g/mol. The second kappa shape index (κ2) is 10.3. The number of rotatable bonds is 5. The Hall–Kier alpha value is -4.65. The Morgan fingerprint density at radius 3 is 2.49 bits per heavy atom. The lowest BCUT2D eigenvalue weighted by molar-refractivity contribution is -0.132. The van der Waals surface area contributed by atoms with E-state index in [2.05, 4.69) is 4.98 Å². The zero-order valence-electron chi connectivity index (χ0n) is 21.3. The predicted octanol–water partition coefficient (Wildman–Crippen LogP) is 5.95. The molecule has 2 N–H and O–H groups in total. The average Bonchev–Trinajstić information content (AvgIpc) is 2.96. The molecule has 1 aliphatic heterocycles. The second-order valence-corrected chi connectivity index (χ2v) is 9.99. The van der Waals surface area contributed by atoms with Crippen LogP contribution in [-0.4, -0.2) is 39.1 Å². The molecule has 1 aliphatic rings. The maximum absolute atomic E-state index is 13.6. The van der Waals surface area contributed by atoms with Crippen molar-refractivity contribution in [3.05, 3.63) is 100 Å². The third-order valence-corrected chi connectivity index (χ3v) is 7.53. The largest absolute Gasteiger partial charge is 0.507 e. The third kappa shape index (κ3) is 4.61. The van der Waals surface area contributed by atoms with Crippen LogP contribution in [0.1, 0.15) is 42.7 Å². The molecule has 1 fully saturated rings. The first kappa shape index (κ1) is 24.7. The van der Waals surface area contributed by atoms with Gasteiger partial charge in [0.2, 0.25) is 5.91 Å². The summed E-state index contributed by atoms with van der Waals surface area (Å²) in [4.78, 5) is 33.4. The van der Waals surface area contributed by atoms with Gasteiger partial charge in [-0.3, -0.25) is 14.6 Å². The highest BCUT2D eigenvalue weighted by atomic mass is 16.3. The standard InChI is InChI=1S/C32H28N2O5/c35-24-18-25(36)30-26(37)19-27(20-9-3-1-4-10-20)39-32(30)29(24)23(17-28(38)34-15-5-2-6-16-34)22-13-7-11-21-12-8-14-33-31(21)22/h1,3-4,7-14,18-19,23,35-36H,2,5-6,15-17H2. The van der Waals surface area contributed by atoms with E-state index in [9.17, 15) is 19.8 Å². The molecule has 0 saturated carbocycles. The van der Waals surface area contributed by atoms with E-state index < -0.39 is 11.3 Å². The minimum atomic E-state index is -0.685. The predicted molar refractivity (Wildman–Crippen MR) is 150 cm³/mol. The van der Waals surface area contributed by atoms with Crippen LogP contribution in [0.3, 0.4) is 0 Å². The van der Waals surface area contributed by atoms with Gasteiger partial charge in [0, 0.05) is 60.3 Å². The van der Waals surface area contributed by atoms with E-state index in [0.717, 1.165) is 36.3 Å². The van der Waals surface area contributed by atoms with Crippen LogP contribution in [-0.2, 0) is 4.79 Å². The van der Waals surface area contributed by atoms with Gasteiger partial charge in [-0.05, 0) is 30.9 Å². The van der Waals surface area contributed by atoms with Gasteiger partial charge in [-0.2, -0.15) is 0 Å². The number of piperidine rings is 1. The zero-order valence-corrected chi connectivity index (χ0v) is 21.3. The molecular formula is C32H28N2O5. The van der Waals surface area contributed by atoms with Crippen LogP contribution in [0.15, 0.2) is 88.2 Å². The molecule has 196 valence electrons. The number of phenols is 2. The maximum Gasteiger partial charge on any atom is 0.223 e. The van der Waals surface area contributed by atoms with Crippen LogP contribution in [0, 0.1) is 0 Å². The third-order valence-electron chi connectivity index (χ3n) is 7.53. The van der Waals surface area contributed by atoms with Crippen molar-refractivity contribution in [3.63, 3.8) is 0 Å². The van der Waals surface area contributed by atoms with Crippen molar-refractivity contribution in [2.24, 2.45) is 0 Å². The van der Waals surface area contributed by atoms with Crippen LogP contribution in [0.4, 0.5) is 0 Å². The van der Waals surface area contributed by atoms with Gasteiger partial charge < -0.3 is 19.5 Å². The molecule has 3 heterocycles. The lowest BCUT2D eigenvalue weighted by Crippen LogP contribution is -2.36. The van der Waals surface area contributed by atoms with Crippen LogP contribution in [0.5, 0.6) is 11.5 Å². The van der Waals surface area contributed by atoms with E-state index in [1.54, 1.807) is 6.20 Å². The quantitative estimate of drug-likeness (QED) is 0.297. The number of phenolic OH excluding ortho intramolecular Hbond substituents is 2. The van der Waals surface area contributed by atoms with E-state index in [4.69, 9.17) is 4.42 Å². The van der Waals surface area contributed by atoms with Crippen molar-refractivity contribution >= 4 is 27.8 Å². The lowest BCUT2D eigenvalue weighted by atomic mass is 9.84. The smallest absolute Gasteiger partial charge is 0.223 e. The highest BCUT2D eigenvalue weighted by molar-refractivity contribution is 5.92. The van der Waals surface area contributed by atoms with Gasteiger partial charge in [-0.25, -0.2) is 0 Å². The number of amides is 1. The fraction of sp³-hybridized carbons (Fsp3) is 0.219. The summed E-state index contributed by atoms with van der Waals surface area (Å²) in [6, 6.07) is 21.2. The molecule has 39 heavy (non-hydrogen) atoms. The Balaban J connectivity index is 1.61. The first-order valence-corrected chi connectivity index (χ1v) is 13.2. The van der Waals surface area contributed by atoms with Crippen molar-refractivity contribution in [1.82, 2.24) is 9.88 Å². The van der Waals surface area contributed by atoms with Crippen molar-refractivity contribution in [2.45, 2.75) is 31.6 Å². The van der Waals surface area contributed by atoms with E-state index in [0.29, 0.717) is 29.9 Å². The van der Waals surface area contributed by atoms with Gasteiger partial charge >= 0.3 is 0 Å². The lowest BCUT2D eigenvalue weighted by Gasteiger charge is -2.29. The van der Waals surface area contributed by atoms with Gasteiger partial charge in [0.05, 0.1) is 5.52 Å². The summed E-state index contributed by atoms with van der Waals surface area (Å²) >= 11 is 0. The molecule has 0 radical (unpaired) electrons. The zero-order chi connectivity index (χ0) is 26.9. The summed E-state index contributed by atoms with van der Waals surface area (Å²) in [6.07, 6.45) is 4.74. The number of carbonyl (C=O) groups excluding carboxylic acids is 1. The highest BCUT2D eigenvalue weighted by Crippen LogP contribution is 2.44. The van der Waals surface area contributed by atoms with Crippen molar-refractivity contribution in [1.29, 1.82) is 0 Å². The van der Waals surface area contributed by atoms with Crippen molar-refractivity contribution in [3.8, 4) is 22.8 Å². The fourth-order valence-electron chi connectivity index (χ4n) is 5.63. The summed E-state index contributed by atoms with van der Waals surface area (Å²) < 4.78 is 6.30. The Kier molecular flexibility index (Phi) is 6.49. The Labute approximate surface area is 225 Å². The molecule has 3 aromatic carbocycles. The molecule has 6 rings (SSSR count). The molecule has 7 heteroatoms. The topological polar surface area (TPSA) is 104 Å². The molecule has 7 nitrogen and oxygen atoms in total. The Morgan fingerprint density at radius 2 is 1.69 bits per heavy atom. The number of fused-ring (bicyclic) bond motifs is 2. The van der Waals surface area contributed by atoms with E-state index >= 15 is 0 Å². The molecule has 1 unspecified atom stereocenters. The molecule has 2 aromatic heterocycles. The summed E-state index contributed by atoms with van der Waals surface area (Å²) in [7, 11) is 0. The number of benzene rings is 3. The number of hydrogen-bond acceptors (Lipinski definition) is 6. The van der Waals surface area contributed by atoms with Gasteiger partial charge in [0.1, 0.15) is 28.2 Å². The number of likely N-dealkylation sites (tertiary alicyclic amines) is 1. The monoisotopic (exact) mass is 520 g/mol. The fourth-order valence-corrected chi connectivity index (χ4v) is 5.63. The van der Waals surface area contributed by atoms with Crippen molar-refractivity contribution in [2.75, 3.05) is 13.1 Å². The molecule has 0 bridgehead atoms. The number of aromatic hydroxyl groups is 2. The summed E-state index contributed by atoms with van der Waals surface area (Å²) in [5.41, 5.74) is 2.00. The maximum atomic E-state index is 13.6. The SMILES string of the molecule is O=C(CC(c1cccc2cccnc12)c1c(O)cc(O)c2c(=O)cc(-c3ccccc3)oc12)N1CCCCC1. The molecule has 5 aromatic rings. The van der Waals surface area contributed by atoms with Gasteiger partial charge in [-0.1, -0.05) is 54.6 Å². The normalized spacial score (nSPS) is 14.5. The van der Waals surface area contributed by atoms with Crippen LogP contribution in [0.2, 0.25) is 0 Å². The second-order valence-electron chi connectivity index (χ2n) is 9.99. The molecule has 0 spiro atoms. The molecule has 1 amide bonds. The van der Waals surface area contributed by atoms with E-state index in [1.807, 2.05) is 65.6 Å². The molecule has 1 atom stereocenters. The van der Waals surface area contributed by atoms with Gasteiger partial charge in [-0.15, -0.1) is 0 Å². The minimum absolute atomic E-state index is 0.0360. The first-order valence-electron chi connectivity index (χ1n) is 13.2. The first-order chi connectivity index (χ1) is 19.0. The number of pyridine rings is 1. The van der Waals surface area contributed by atoms with E-state index in [-0.39, 0.29) is 40.4 Å². The summed E-state index contributed by atoms with van der Waals surface area (Å²) in [5.74, 6) is -1.06. The summed E-state index contributed by atoms with van der Waals surface area (Å²) in [6.45, 7) is 1.38. The van der Waals surface area contributed by atoms with Crippen LogP contribution < -0.4 is 5.43 Å². The Bertz CT molecular complexity index is 1730. The number of hydrogen-bond donors (Lipinski definition) is 2. The summed E-state index contributed by atoms with van der Waals surface area (Å²) in [5, 5.41) is 22.9. The highest BCUT2D eigenvalue weighted by Gasteiger charge is 2.31. The van der Waals surface area contributed by atoms with E-state index in [1.165, 1.54) is 6.07 Å². The molecule has 1 saturated heterocycles. The number of para-hydroxylation sites is 1. The van der Waals surface area contributed by atoms with Crippen LogP contribution in [0.25, 0.3) is 33.2 Å². The van der Waals surface area contributed by atoms with Gasteiger partial charge in [0.25, 0.3) is 0 Å². The Morgan fingerprint density at radius 1 is 0.923 bits per heavy atom. The molecule has 0 aliphatic carbocycles.